The average molecular weight is 637 g/mol. The van der Waals surface area contributed by atoms with E-state index in [0.717, 1.165) is 27.2 Å². The molecule has 11 heteroatoms. The van der Waals surface area contributed by atoms with Gasteiger partial charge >= 0.3 is 0 Å². The van der Waals surface area contributed by atoms with Crippen LogP contribution in [-0.2, 0) is 15.0 Å². The van der Waals surface area contributed by atoms with E-state index in [1.54, 1.807) is 12.1 Å². The van der Waals surface area contributed by atoms with Crippen LogP contribution in [0.2, 0.25) is 0 Å². The van der Waals surface area contributed by atoms with Crippen molar-refractivity contribution in [3.8, 4) is 5.75 Å². The minimum Gasteiger partial charge on any atom is -0.507 e. The summed E-state index contributed by atoms with van der Waals surface area (Å²) in [4.78, 5) is 54.0. The lowest BCUT2D eigenvalue weighted by Gasteiger charge is -2.52. The van der Waals surface area contributed by atoms with Gasteiger partial charge in [-0.1, -0.05) is 76.6 Å². The van der Waals surface area contributed by atoms with Crippen LogP contribution in [0, 0.1) is 22.0 Å². The summed E-state index contributed by atoms with van der Waals surface area (Å²) < 4.78 is 0.583. The molecule has 2 bridgehead atoms. The van der Waals surface area contributed by atoms with Gasteiger partial charge in [-0.3, -0.25) is 24.5 Å². The molecule has 1 fully saturated rings. The number of benzene rings is 4. The number of nitrogens with zero attached hydrogens (tertiary/aromatic N) is 3. The van der Waals surface area contributed by atoms with Gasteiger partial charge in [0, 0.05) is 22.7 Å². The predicted octanol–water partition coefficient (Wildman–Crippen LogP) is 5.03. The summed E-state index contributed by atoms with van der Waals surface area (Å²) in [5.74, 6) is -4.35. The number of halogens is 1. The molecule has 0 unspecified atom stereocenters. The molecule has 2 atom stereocenters. The van der Waals surface area contributed by atoms with Crippen molar-refractivity contribution in [2.45, 2.75) is 11.3 Å². The van der Waals surface area contributed by atoms with Crippen molar-refractivity contribution in [2.24, 2.45) is 16.9 Å². The maximum absolute atomic E-state index is 14.4. The highest BCUT2D eigenvalue weighted by molar-refractivity contribution is 9.10. The highest BCUT2D eigenvalue weighted by atomic mass is 79.9. The van der Waals surface area contributed by atoms with Crippen LogP contribution in [0.3, 0.4) is 0 Å². The molecule has 3 aliphatic carbocycles. The van der Waals surface area contributed by atoms with Crippen molar-refractivity contribution in [1.82, 2.24) is 5.43 Å². The number of anilines is 1. The monoisotopic (exact) mass is 636 g/mol. The van der Waals surface area contributed by atoms with Gasteiger partial charge in [0.1, 0.15) is 11.4 Å². The van der Waals surface area contributed by atoms with Gasteiger partial charge in [0.05, 0.1) is 27.7 Å². The van der Waals surface area contributed by atoms with Crippen molar-refractivity contribution in [1.29, 1.82) is 0 Å². The molecular formula is C32H21BrN4O6. The highest BCUT2D eigenvalue weighted by Crippen LogP contribution is 2.63. The number of hydrazone groups is 1. The van der Waals surface area contributed by atoms with E-state index < -0.39 is 45.8 Å². The van der Waals surface area contributed by atoms with Gasteiger partial charge < -0.3 is 5.11 Å². The van der Waals surface area contributed by atoms with E-state index in [4.69, 9.17) is 0 Å². The summed E-state index contributed by atoms with van der Waals surface area (Å²) in [6.07, 6.45) is 1.48. The number of carbonyl (C=O) groups is 3. The lowest BCUT2D eigenvalue weighted by Crippen LogP contribution is -2.54. The summed E-state index contributed by atoms with van der Waals surface area (Å²) in [7, 11) is 0. The molecule has 1 saturated heterocycles. The van der Waals surface area contributed by atoms with E-state index >= 15 is 0 Å². The van der Waals surface area contributed by atoms with E-state index in [1.165, 1.54) is 36.5 Å². The summed E-state index contributed by atoms with van der Waals surface area (Å²) >= 11 is 3.29. The quantitative estimate of drug-likeness (QED) is 0.136. The smallest absolute Gasteiger partial charge is 0.293 e. The number of hydrogen-bond acceptors (Lipinski definition) is 7. The molecule has 4 aromatic rings. The van der Waals surface area contributed by atoms with Crippen LogP contribution in [-0.4, -0.2) is 34.0 Å². The molecule has 4 aliphatic rings. The standard InChI is InChI=1S/C32H21BrN4O6/c33-17-13-14-25(38)20(15-17)29(39)35-34-16-32-21-9-3-1-7-18(21)26(19-8-2-4-10-22(19)32)27-28(32)31(41)36(30(27)40)23-11-5-6-12-24(23)37(42)43/h1-16,26-28,38H,(H,35,39)/b34-16-/t26?,27-,28+,32?/m1/s1. The predicted molar refractivity (Wildman–Crippen MR) is 160 cm³/mol. The number of nitro benzene ring substituents is 1. The second-order valence-electron chi connectivity index (χ2n) is 10.6. The summed E-state index contributed by atoms with van der Waals surface area (Å²) in [5.41, 5.74) is 3.94. The number of aromatic hydroxyl groups is 1. The van der Waals surface area contributed by atoms with E-state index in [9.17, 15) is 29.6 Å². The van der Waals surface area contributed by atoms with Gasteiger partial charge in [-0.25, -0.2) is 10.3 Å². The van der Waals surface area contributed by atoms with Gasteiger partial charge in [0.25, 0.3) is 11.6 Å². The zero-order valence-electron chi connectivity index (χ0n) is 22.2. The van der Waals surface area contributed by atoms with Gasteiger partial charge in [-0.15, -0.1) is 0 Å². The molecule has 0 aromatic heterocycles. The number of nitro groups is 1. The van der Waals surface area contributed by atoms with Crippen molar-refractivity contribution >= 4 is 51.2 Å². The normalized spacial score (nSPS) is 23.2. The first-order chi connectivity index (χ1) is 20.8. The summed E-state index contributed by atoms with van der Waals surface area (Å²) in [6.45, 7) is 0. The average Bonchev–Trinajstić information content (AvgIpc) is 3.28. The third-order valence-corrected chi connectivity index (χ3v) is 9.13. The van der Waals surface area contributed by atoms with Crippen molar-refractivity contribution in [3.05, 3.63) is 133 Å². The Morgan fingerprint density at radius 2 is 1.58 bits per heavy atom. The van der Waals surface area contributed by atoms with Crippen LogP contribution in [0.25, 0.3) is 0 Å². The number of hydrogen-bond donors (Lipinski definition) is 2. The molecule has 1 heterocycles. The first-order valence-electron chi connectivity index (χ1n) is 13.4. The lowest BCUT2D eigenvalue weighted by atomic mass is 9.47. The maximum atomic E-state index is 14.4. The fourth-order valence-electron chi connectivity index (χ4n) is 7.04. The van der Waals surface area contributed by atoms with Crippen LogP contribution >= 0.6 is 15.9 Å². The molecule has 43 heavy (non-hydrogen) atoms. The number of rotatable bonds is 5. The van der Waals surface area contributed by atoms with E-state index in [-0.39, 0.29) is 22.7 Å². The minimum absolute atomic E-state index is 0.00950. The number of nitrogens with one attached hydrogen (secondary N) is 1. The molecule has 212 valence electrons. The van der Waals surface area contributed by atoms with E-state index in [1.807, 2.05) is 48.5 Å². The fourth-order valence-corrected chi connectivity index (χ4v) is 7.40. The van der Waals surface area contributed by atoms with Crippen molar-refractivity contribution in [2.75, 3.05) is 4.90 Å². The Labute approximate surface area is 252 Å². The number of carbonyl (C=O) groups excluding carboxylic acids is 3. The maximum Gasteiger partial charge on any atom is 0.293 e. The van der Waals surface area contributed by atoms with Gasteiger partial charge in [0.2, 0.25) is 11.8 Å². The zero-order valence-corrected chi connectivity index (χ0v) is 23.8. The summed E-state index contributed by atoms with van der Waals surface area (Å²) in [6, 6.07) is 25.1. The summed E-state index contributed by atoms with van der Waals surface area (Å²) in [5, 5.41) is 26.5. The zero-order chi connectivity index (χ0) is 30.0. The number of para-hydroxylation sites is 2. The number of imide groups is 1. The molecule has 0 saturated carbocycles. The largest absolute Gasteiger partial charge is 0.507 e. The molecule has 0 radical (unpaired) electrons. The van der Waals surface area contributed by atoms with Gasteiger partial charge in [0.15, 0.2) is 0 Å². The fraction of sp³-hybridized carbons (Fsp3) is 0.125. The van der Waals surface area contributed by atoms with Crippen molar-refractivity contribution in [3.63, 3.8) is 0 Å². The number of amides is 3. The first-order valence-corrected chi connectivity index (χ1v) is 14.2. The molecule has 3 amide bonds. The molecule has 0 spiro atoms. The third kappa shape index (κ3) is 3.71. The molecule has 8 rings (SSSR count). The molecule has 10 nitrogen and oxygen atoms in total. The number of phenolic OH excluding ortho intramolecular Hbond substituents is 1. The first kappa shape index (κ1) is 26.7. The Bertz CT molecular complexity index is 1880. The van der Waals surface area contributed by atoms with Gasteiger partial charge in [-0.05, 0) is 46.5 Å². The Morgan fingerprint density at radius 1 is 0.953 bits per heavy atom. The Balaban J connectivity index is 1.41. The third-order valence-electron chi connectivity index (χ3n) is 8.64. The van der Waals surface area contributed by atoms with Crippen LogP contribution < -0.4 is 10.3 Å². The van der Waals surface area contributed by atoms with Crippen molar-refractivity contribution < 1.29 is 24.4 Å². The second-order valence-corrected chi connectivity index (χ2v) is 11.6. The van der Waals surface area contributed by atoms with Crippen LogP contribution in [0.15, 0.2) is 101 Å². The van der Waals surface area contributed by atoms with E-state index in [2.05, 4.69) is 26.5 Å². The lowest BCUT2D eigenvalue weighted by molar-refractivity contribution is -0.384. The Kier molecular flexibility index (Phi) is 6.03. The topological polar surface area (TPSA) is 142 Å². The van der Waals surface area contributed by atoms with Crippen LogP contribution in [0.1, 0.15) is 38.5 Å². The van der Waals surface area contributed by atoms with Crippen LogP contribution in [0.4, 0.5) is 11.4 Å². The van der Waals surface area contributed by atoms with E-state index in [0.29, 0.717) is 4.47 Å². The minimum atomic E-state index is -1.29. The number of phenols is 1. The Hall–Kier alpha value is -5.16. The molecular weight excluding hydrogens is 616 g/mol. The molecule has 2 N–H and O–H groups in total. The highest BCUT2D eigenvalue weighted by Gasteiger charge is 2.68. The van der Waals surface area contributed by atoms with Crippen LogP contribution in [0.5, 0.6) is 5.75 Å². The second kappa shape index (κ2) is 9.70. The SMILES string of the molecule is O=C(N/N=C\C12c3ccccc3C(c3ccccc31)[C@H]1C(=O)N(c3ccccc3[N+](=O)[O-])C(=O)[C@H]12)c1cc(Br)ccc1O. The molecule has 4 aromatic carbocycles. The Morgan fingerprint density at radius 3 is 2.26 bits per heavy atom. The van der Waals surface area contributed by atoms with Gasteiger partial charge in [-0.2, -0.15) is 5.10 Å². The molecule has 1 aliphatic heterocycles.